The first kappa shape index (κ1) is 9.46. The number of cyclic esters (lactones) is 1. The van der Waals surface area contributed by atoms with Gasteiger partial charge in [-0.3, -0.25) is 0 Å². The van der Waals surface area contributed by atoms with Gasteiger partial charge in [-0.05, 0) is 31.0 Å². The summed E-state index contributed by atoms with van der Waals surface area (Å²) in [6.07, 6.45) is 0.809. The van der Waals surface area contributed by atoms with E-state index in [0.29, 0.717) is 12.3 Å². The van der Waals surface area contributed by atoms with Gasteiger partial charge in [0.05, 0.1) is 6.61 Å². The molecule has 0 unspecified atom stereocenters. The fourth-order valence-electron chi connectivity index (χ4n) is 2.46. The van der Waals surface area contributed by atoms with E-state index < -0.39 is 0 Å². The summed E-state index contributed by atoms with van der Waals surface area (Å²) in [5, 5.41) is 1.17. The number of esters is 1. The molecule has 3 rings (SSSR count). The Balaban J connectivity index is 2.40. The molecular weight excluding hydrogens is 202 g/mol. The van der Waals surface area contributed by atoms with Crippen LogP contribution >= 0.6 is 0 Å². The van der Waals surface area contributed by atoms with Gasteiger partial charge in [-0.25, -0.2) is 4.79 Å². The van der Waals surface area contributed by atoms with Crippen molar-refractivity contribution in [3.63, 3.8) is 0 Å². The second-order valence-corrected chi connectivity index (χ2v) is 4.37. The lowest BCUT2D eigenvalue weighted by atomic mass is 10.0. The number of H-pyrrole nitrogens is 1. The van der Waals surface area contributed by atoms with Gasteiger partial charge in [-0.1, -0.05) is 11.6 Å². The molecule has 0 amide bonds. The van der Waals surface area contributed by atoms with Crippen LogP contribution in [0.1, 0.15) is 27.2 Å². The molecule has 1 aromatic carbocycles. The second kappa shape index (κ2) is 3.11. The lowest BCUT2D eigenvalue weighted by Gasteiger charge is -2.11. The van der Waals surface area contributed by atoms with Gasteiger partial charge in [-0.2, -0.15) is 0 Å². The predicted molar refractivity (Wildman–Crippen MR) is 61.8 cm³/mol. The van der Waals surface area contributed by atoms with Crippen molar-refractivity contribution in [2.75, 3.05) is 6.61 Å². The Kier molecular flexibility index (Phi) is 1.84. The van der Waals surface area contributed by atoms with Gasteiger partial charge in [0.2, 0.25) is 0 Å². The van der Waals surface area contributed by atoms with E-state index in [1.54, 1.807) is 0 Å². The number of nitrogens with one attached hydrogen (secondary N) is 1. The number of carbonyl (C=O) groups is 1. The van der Waals surface area contributed by atoms with E-state index in [-0.39, 0.29) is 5.97 Å². The number of benzene rings is 1. The number of aryl methyl sites for hydroxylation is 2. The minimum Gasteiger partial charge on any atom is -0.461 e. The first-order chi connectivity index (χ1) is 7.66. The van der Waals surface area contributed by atoms with Crippen LogP contribution in [0.3, 0.4) is 0 Å². The van der Waals surface area contributed by atoms with Gasteiger partial charge in [0.1, 0.15) is 5.69 Å². The van der Waals surface area contributed by atoms with E-state index in [1.165, 1.54) is 16.5 Å². The van der Waals surface area contributed by atoms with Gasteiger partial charge < -0.3 is 9.72 Å². The maximum atomic E-state index is 11.6. The second-order valence-electron chi connectivity index (χ2n) is 4.37. The summed E-state index contributed by atoms with van der Waals surface area (Å²) in [6.45, 7) is 4.63. The van der Waals surface area contributed by atoms with Crippen LogP contribution < -0.4 is 0 Å². The molecule has 0 fully saturated rings. The summed E-state index contributed by atoms with van der Waals surface area (Å²) >= 11 is 0. The Hall–Kier alpha value is -1.77. The third-order valence-electron chi connectivity index (χ3n) is 3.15. The number of rotatable bonds is 0. The summed E-state index contributed by atoms with van der Waals surface area (Å²) in [6, 6.07) is 4.26. The zero-order valence-electron chi connectivity index (χ0n) is 9.39. The molecule has 0 radical (unpaired) electrons. The molecule has 1 aromatic heterocycles. The monoisotopic (exact) mass is 215 g/mol. The Morgan fingerprint density at radius 3 is 2.94 bits per heavy atom. The predicted octanol–water partition coefficient (Wildman–Crippen LogP) is 2.50. The van der Waals surface area contributed by atoms with Crippen LogP contribution in [0.4, 0.5) is 0 Å². The van der Waals surface area contributed by atoms with Gasteiger partial charge in [0.15, 0.2) is 0 Å². The maximum Gasteiger partial charge on any atom is 0.355 e. The Morgan fingerprint density at radius 1 is 1.31 bits per heavy atom. The first-order valence-electron chi connectivity index (χ1n) is 5.46. The van der Waals surface area contributed by atoms with Crippen LogP contribution in [0.15, 0.2) is 12.1 Å². The van der Waals surface area contributed by atoms with E-state index in [1.807, 2.05) is 0 Å². The summed E-state index contributed by atoms with van der Waals surface area (Å²) in [4.78, 5) is 14.8. The molecule has 16 heavy (non-hydrogen) atoms. The number of fused-ring (bicyclic) bond motifs is 3. The lowest BCUT2D eigenvalue weighted by Crippen LogP contribution is -2.16. The zero-order valence-corrected chi connectivity index (χ0v) is 9.39. The number of hydrogen-bond donors (Lipinski definition) is 1. The number of carbonyl (C=O) groups excluding carboxylic acids is 1. The number of hydrogen-bond acceptors (Lipinski definition) is 2. The van der Waals surface area contributed by atoms with Crippen LogP contribution in [-0.4, -0.2) is 17.6 Å². The van der Waals surface area contributed by atoms with Crippen LogP contribution in [0.5, 0.6) is 0 Å². The van der Waals surface area contributed by atoms with Crippen LogP contribution in [0.25, 0.3) is 10.9 Å². The van der Waals surface area contributed by atoms with Crippen molar-refractivity contribution in [3.05, 3.63) is 34.5 Å². The van der Waals surface area contributed by atoms with Gasteiger partial charge in [0, 0.05) is 17.3 Å². The van der Waals surface area contributed by atoms with Crippen molar-refractivity contribution in [2.24, 2.45) is 0 Å². The van der Waals surface area contributed by atoms with E-state index in [2.05, 4.69) is 31.0 Å². The molecular formula is C13H13NO2. The fraction of sp³-hybridized carbons (Fsp3) is 0.308. The average Bonchev–Trinajstić information content (AvgIpc) is 2.59. The fourth-order valence-corrected chi connectivity index (χ4v) is 2.46. The van der Waals surface area contributed by atoms with Gasteiger partial charge >= 0.3 is 5.97 Å². The molecule has 2 heterocycles. The molecule has 82 valence electrons. The van der Waals surface area contributed by atoms with Crippen molar-refractivity contribution < 1.29 is 9.53 Å². The smallest absolute Gasteiger partial charge is 0.355 e. The molecule has 2 aromatic rings. The van der Waals surface area contributed by atoms with E-state index in [4.69, 9.17) is 4.74 Å². The highest BCUT2D eigenvalue weighted by molar-refractivity contribution is 6.00. The molecule has 3 heteroatoms. The maximum absolute atomic E-state index is 11.6. The highest BCUT2D eigenvalue weighted by Crippen LogP contribution is 2.29. The Morgan fingerprint density at radius 2 is 2.12 bits per heavy atom. The summed E-state index contributed by atoms with van der Waals surface area (Å²) in [7, 11) is 0. The van der Waals surface area contributed by atoms with Crippen molar-refractivity contribution in [3.8, 4) is 0 Å². The number of aromatic nitrogens is 1. The number of ether oxygens (including phenoxy) is 1. The molecule has 0 bridgehead atoms. The van der Waals surface area contributed by atoms with E-state index in [9.17, 15) is 4.79 Å². The van der Waals surface area contributed by atoms with E-state index >= 15 is 0 Å². The van der Waals surface area contributed by atoms with Crippen molar-refractivity contribution in [1.29, 1.82) is 0 Å². The Bertz CT molecular complexity index is 595. The van der Waals surface area contributed by atoms with Crippen LogP contribution in [-0.2, 0) is 11.2 Å². The molecule has 1 aliphatic rings. The standard InChI is InChI=1S/C13H13NO2/c1-7-5-8(2)11-10(6-7)9-3-4-16-13(15)12(9)14-11/h5-6,14H,3-4H2,1-2H3. The van der Waals surface area contributed by atoms with Crippen molar-refractivity contribution >= 4 is 16.9 Å². The van der Waals surface area contributed by atoms with Crippen molar-refractivity contribution in [1.82, 2.24) is 4.98 Å². The molecule has 0 saturated heterocycles. The minimum absolute atomic E-state index is 0.227. The summed E-state index contributed by atoms with van der Waals surface area (Å²) in [5.74, 6) is -0.227. The molecule has 0 atom stereocenters. The van der Waals surface area contributed by atoms with Gasteiger partial charge in [-0.15, -0.1) is 0 Å². The average molecular weight is 215 g/mol. The summed E-state index contributed by atoms with van der Waals surface area (Å²) < 4.78 is 5.03. The third kappa shape index (κ3) is 1.18. The summed E-state index contributed by atoms with van der Waals surface area (Å²) in [5.41, 5.74) is 5.21. The Labute approximate surface area is 93.4 Å². The third-order valence-corrected chi connectivity index (χ3v) is 3.15. The minimum atomic E-state index is -0.227. The molecule has 1 N–H and O–H groups in total. The molecule has 0 aliphatic carbocycles. The van der Waals surface area contributed by atoms with Gasteiger partial charge in [0.25, 0.3) is 0 Å². The largest absolute Gasteiger partial charge is 0.461 e. The molecule has 0 saturated carbocycles. The highest BCUT2D eigenvalue weighted by atomic mass is 16.5. The first-order valence-corrected chi connectivity index (χ1v) is 5.46. The molecule has 3 nitrogen and oxygen atoms in total. The van der Waals surface area contributed by atoms with E-state index in [0.717, 1.165) is 17.5 Å². The normalized spacial score (nSPS) is 15.0. The topological polar surface area (TPSA) is 42.1 Å². The highest BCUT2D eigenvalue weighted by Gasteiger charge is 2.23. The lowest BCUT2D eigenvalue weighted by molar-refractivity contribution is 0.0475. The molecule has 0 spiro atoms. The SMILES string of the molecule is Cc1cc(C)c2[nH]c3c(c2c1)CCOC3=O. The molecule has 1 aliphatic heterocycles. The van der Waals surface area contributed by atoms with Crippen molar-refractivity contribution in [2.45, 2.75) is 20.3 Å². The number of aromatic amines is 1. The zero-order chi connectivity index (χ0) is 11.3. The van der Waals surface area contributed by atoms with Crippen LogP contribution in [0, 0.1) is 13.8 Å². The van der Waals surface area contributed by atoms with Crippen LogP contribution in [0.2, 0.25) is 0 Å². The quantitative estimate of drug-likeness (QED) is 0.686.